The van der Waals surface area contributed by atoms with Crippen LogP contribution in [0.2, 0.25) is 0 Å². The number of carbonyl (C=O) groups excluding carboxylic acids is 3. The van der Waals surface area contributed by atoms with Gasteiger partial charge in [-0.3, -0.25) is 19.3 Å². The summed E-state index contributed by atoms with van der Waals surface area (Å²) >= 11 is 2.48. The number of aliphatic carboxylic acids is 1. The Morgan fingerprint density at radius 3 is 2.57 bits per heavy atom. The molecule has 2 aliphatic heterocycles. The Labute approximate surface area is 206 Å². The van der Waals surface area contributed by atoms with Crippen molar-refractivity contribution in [2.24, 2.45) is 18.5 Å². The molecular formula is C20H21N7O6S2. The minimum atomic E-state index is -1.26. The molecule has 0 radical (unpaired) electrons. The number of carbonyl (C=O) groups is 4. The number of primary amides is 1. The van der Waals surface area contributed by atoms with Crippen LogP contribution in [0.1, 0.15) is 22.2 Å². The normalized spacial score (nSPS) is 20.2. The smallest absolute Gasteiger partial charge is 0.352 e. The number of carboxylic acid groups (broad SMARTS) is 1. The number of phenolic OH excluding ortho intramolecular Hbond substituents is 1. The van der Waals surface area contributed by atoms with Gasteiger partial charge >= 0.3 is 5.97 Å². The molecule has 35 heavy (non-hydrogen) atoms. The zero-order valence-corrected chi connectivity index (χ0v) is 19.9. The molecule has 4 rings (SSSR count). The van der Waals surface area contributed by atoms with Crippen LogP contribution in [-0.2, 0) is 21.4 Å². The maximum Gasteiger partial charge on any atom is 0.352 e. The molecule has 1 aromatic carbocycles. The third-order valence-electron chi connectivity index (χ3n) is 5.51. The molecule has 3 heterocycles. The number of phenols is 1. The summed E-state index contributed by atoms with van der Waals surface area (Å²) in [6, 6.07) is 3.81. The molecule has 1 aromatic heterocycles. The predicted molar refractivity (Wildman–Crippen MR) is 125 cm³/mol. The summed E-state index contributed by atoms with van der Waals surface area (Å²) in [7, 11) is 1.57. The highest BCUT2D eigenvalue weighted by atomic mass is 32.2. The first-order chi connectivity index (χ1) is 16.6. The van der Waals surface area contributed by atoms with Gasteiger partial charge in [0.15, 0.2) is 5.16 Å². The van der Waals surface area contributed by atoms with E-state index in [4.69, 9.17) is 11.5 Å². The van der Waals surface area contributed by atoms with Crippen LogP contribution < -0.4 is 16.8 Å². The quantitative estimate of drug-likeness (QED) is 0.214. The second kappa shape index (κ2) is 9.59. The first kappa shape index (κ1) is 24.6. The molecule has 1 fully saturated rings. The van der Waals surface area contributed by atoms with Gasteiger partial charge < -0.3 is 31.6 Å². The lowest BCUT2D eigenvalue weighted by Gasteiger charge is -2.49. The van der Waals surface area contributed by atoms with Crippen molar-refractivity contribution in [3.8, 4) is 5.75 Å². The topological polar surface area (TPSA) is 207 Å². The third-order valence-corrected chi connectivity index (χ3v) is 7.96. The van der Waals surface area contributed by atoms with E-state index in [9.17, 15) is 29.4 Å². The van der Waals surface area contributed by atoms with Crippen molar-refractivity contribution >= 4 is 47.2 Å². The monoisotopic (exact) mass is 519 g/mol. The van der Waals surface area contributed by atoms with E-state index in [0.29, 0.717) is 22.0 Å². The van der Waals surface area contributed by atoms with Gasteiger partial charge in [0.25, 0.3) is 11.8 Å². The molecule has 3 atom stereocenters. The van der Waals surface area contributed by atoms with E-state index in [2.05, 4.69) is 15.5 Å². The molecule has 13 nitrogen and oxygen atoms in total. The number of amides is 3. The number of benzene rings is 1. The molecule has 2 aliphatic rings. The molecule has 0 spiro atoms. The summed E-state index contributed by atoms with van der Waals surface area (Å²) in [6.07, 6.45) is 0. The fourth-order valence-corrected chi connectivity index (χ4v) is 6.07. The number of rotatable bonds is 8. The number of aromatic hydroxyl groups is 1. The molecule has 0 bridgehead atoms. The fourth-order valence-electron chi connectivity index (χ4n) is 3.68. The van der Waals surface area contributed by atoms with Gasteiger partial charge in [-0.2, -0.15) is 0 Å². The fraction of sp³-hybridized carbons (Fsp3) is 0.300. The van der Waals surface area contributed by atoms with E-state index >= 15 is 0 Å². The van der Waals surface area contributed by atoms with E-state index < -0.39 is 41.1 Å². The van der Waals surface area contributed by atoms with Gasteiger partial charge in [-0.05, 0) is 23.3 Å². The number of hydrogen-bond donors (Lipinski definition) is 5. The van der Waals surface area contributed by atoms with Crippen LogP contribution in [0.3, 0.4) is 0 Å². The van der Waals surface area contributed by atoms with Gasteiger partial charge in [0.2, 0.25) is 11.7 Å². The zero-order chi connectivity index (χ0) is 25.4. The van der Waals surface area contributed by atoms with E-state index in [-0.39, 0.29) is 23.0 Å². The Morgan fingerprint density at radius 2 is 1.97 bits per heavy atom. The van der Waals surface area contributed by atoms with Crippen molar-refractivity contribution in [2.45, 2.75) is 22.6 Å². The number of nitrogens with zero attached hydrogens (tertiary/aromatic N) is 4. The molecule has 0 saturated carbocycles. The molecule has 2 aromatic rings. The maximum atomic E-state index is 12.8. The second-order valence-electron chi connectivity index (χ2n) is 7.74. The van der Waals surface area contributed by atoms with Crippen molar-refractivity contribution in [3.63, 3.8) is 0 Å². The van der Waals surface area contributed by atoms with Gasteiger partial charge in [-0.1, -0.05) is 23.9 Å². The summed E-state index contributed by atoms with van der Waals surface area (Å²) in [4.78, 5) is 50.0. The first-order valence-corrected chi connectivity index (χ1v) is 12.2. The summed E-state index contributed by atoms with van der Waals surface area (Å²) in [5, 5.41) is 29.2. The Hall–Kier alpha value is -3.56. The van der Waals surface area contributed by atoms with Crippen LogP contribution in [0.5, 0.6) is 5.75 Å². The number of nitrogens with one attached hydrogen (secondary N) is 1. The number of aromatic nitrogens is 3. The van der Waals surface area contributed by atoms with Crippen molar-refractivity contribution in [2.75, 3.05) is 11.5 Å². The van der Waals surface area contributed by atoms with E-state index in [1.54, 1.807) is 7.05 Å². The number of fused-ring (bicyclic) bond motifs is 1. The molecule has 15 heteroatoms. The zero-order valence-electron chi connectivity index (χ0n) is 18.2. The third kappa shape index (κ3) is 4.56. The highest BCUT2D eigenvalue weighted by Gasteiger charge is 2.54. The van der Waals surface area contributed by atoms with Crippen LogP contribution in [0, 0.1) is 0 Å². The van der Waals surface area contributed by atoms with Crippen LogP contribution in [0.15, 0.2) is 40.7 Å². The van der Waals surface area contributed by atoms with E-state index in [0.717, 1.165) is 16.7 Å². The van der Waals surface area contributed by atoms with E-state index in [1.165, 1.54) is 40.6 Å². The molecule has 3 amide bonds. The Balaban J connectivity index is 1.46. The number of carboxylic acids is 1. The van der Waals surface area contributed by atoms with Gasteiger partial charge in [-0.15, -0.1) is 22.0 Å². The minimum Gasteiger partial charge on any atom is -0.508 e. The van der Waals surface area contributed by atoms with Gasteiger partial charge in [0, 0.05) is 18.6 Å². The van der Waals surface area contributed by atoms with Crippen LogP contribution in [0.4, 0.5) is 0 Å². The average molecular weight is 520 g/mol. The van der Waals surface area contributed by atoms with Crippen molar-refractivity contribution in [3.05, 3.63) is 46.9 Å². The summed E-state index contributed by atoms with van der Waals surface area (Å²) in [6.45, 7) is 0. The SMILES string of the molecule is Cn1c(SCC2=C(C(=O)O)N3C(=O)C(NC(=O)C(N)c4ccc(O)cc4)[C@H]3SC2)nnc1C(N)=O. The van der Waals surface area contributed by atoms with Crippen molar-refractivity contribution < 1.29 is 29.4 Å². The van der Waals surface area contributed by atoms with Crippen molar-refractivity contribution in [1.29, 1.82) is 0 Å². The standard InChI is InChI=1S/C20H21N7O6S2/c1-26-15(14(22)29)24-25-20(26)35-7-9-6-34-18-12(17(31)27(18)13(9)19(32)33)23-16(30)11(21)8-2-4-10(28)5-3-8/h2-5,11-12,18,28H,6-7,21H2,1H3,(H2,22,29)(H,23,30)(H,32,33)/t11?,12?,18-/m1/s1. The minimum absolute atomic E-state index is 0.0271. The first-order valence-electron chi connectivity index (χ1n) is 10.2. The molecule has 2 unspecified atom stereocenters. The van der Waals surface area contributed by atoms with Gasteiger partial charge in [0.1, 0.15) is 28.9 Å². The number of nitrogens with two attached hydrogens (primary N) is 2. The highest BCUT2D eigenvalue weighted by Crippen LogP contribution is 2.41. The lowest BCUT2D eigenvalue weighted by atomic mass is 10.0. The van der Waals surface area contributed by atoms with Gasteiger partial charge in [-0.25, -0.2) is 4.79 Å². The second-order valence-corrected chi connectivity index (χ2v) is 9.79. The Kier molecular flexibility index (Phi) is 6.73. The van der Waals surface area contributed by atoms with Crippen molar-refractivity contribution in [1.82, 2.24) is 25.0 Å². The largest absolute Gasteiger partial charge is 0.508 e. The number of β-lactam (4-membered cyclic amide) rings is 1. The van der Waals surface area contributed by atoms with Crippen LogP contribution in [-0.4, -0.2) is 76.5 Å². The molecule has 0 aliphatic carbocycles. The number of hydrogen-bond acceptors (Lipinski definition) is 10. The summed E-state index contributed by atoms with van der Waals surface area (Å²) in [5.41, 5.74) is 12.0. The summed E-state index contributed by atoms with van der Waals surface area (Å²) in [5.74, 6) is -2.65. The molecule has 1 saturated heterocycles. The average Bonchev–Trinajstić information content (AvgIpc) is 3.20. The van der Waals surface area contributed by atoms with Crippen LogP contribution >= 0.6 is 23.5 Å². The number of thioether (sulfide) groups is 2. The highest BCUT2D eigenvalue weighted by molar-refractivity contribution is 8.01. The van der Waals surface area contributed by atoms with Gasteiger partial charge in [0.05, 0.1) is 0 Å². The Bertz CT molecular complexity index is 1250. The predicted octanol–water partition coefficient (Wildman–Crippen LogP) is -0.850. The molecular weight excluding hydrogens is 498 g/mol. The van der Waals surface area contributed by atoms with E-state index in [1.807, 2.05) is 0 Å². The maximum absolute atomic E-state index is 12.8. The Morgan fingerprint density at radius 1 is 1.29 bits per heavy atom. The summed E-state index contributed by atoms with van der Waals surface area (Å²) < 4.78 is 1.41. The van der Waals surface area contributed by atoms with Crippen LogP contribution in [0.25, 0.3) is 0 Å². The molecule has 7 N–H and O–H groups in total. The lowest BCUT2D eigenvalue weighted by Crippen LogP contribution is -2.71. The lowest BCUT2D eigenvalue weighted by molar-refractivity contribution is -0.150. The molecule has 184 valence electrons.